The Balaban J connectivity index is 1.29. The molecule has 3 aromatic heterocycles. The molecule has 2 atom stereocenters. The van der Waals surface area contributed by atoms with Crippen LogP contribution >= 0.6 is 11.6 Å². The van der Waals surface area contributed by atoms with E-state index in [1.807, 2.05) is 4.57 Å². The van der Waals surface area contributed by atoms with Gasteiger partial charge in [0.2, 0.25) is 5.88 Å². The Bertz CT molecular complexity index is 1770. The summed E-state index contributed by atoms with van der Waals surface area (Å²) in [5.74, 6) is -0.229. The number of ether oxygens (including phenoxy) is 3. The van der Waals surface area contributed by atoms with Crippen molar-refractivity contribution in [2.24, 2.45) is 0 Å². The van der Waals surface area contributed by atoms with Crippen molar-refractivity contribution in [1.29, 1.82) is 0 Å². The average Bonchev–Trinajstić information content (AvgIpc) is 3.35. The first kappa shape index (κ1) is 27.8. The van der Waals surface area contributed by atoms with Crippen LogP contribution in [0, 0.1) is 5.82 Å². The van der Waals surface area contributed by atoms with E-state index in [-0.39, 0.29) is 12.7 Å². The summed E-state index contributed by atoms with van der Waals surface area (Å²) in [5, 5.41) is 11.8. The smallest absolute Gasteiger partial charge is 0.337 e. The van der Waals surface area contributed by atoms with Gasteiger partial charge in [-0.25, -0.2) is 19.2 Å². The largest absolute Gasteiger partial charge is 0.473 e. The molecule has 0 spiro atoms. The minimum Gasteiger partial charge on any atom is -0.473 e. The van der Waals surface area contributed by atoms with Crippen LogP contribution in [0.3, 0.4) is 0 Å². The number of nitrogens with zero attached hydrogens (tertiary/aromatic N) is 4. The van der Waals surface area contributed by atoms with Crippen molar-refractivity contribution in [2.45, 2.75) is 31.8 Å². The third-order valence-corrected chi connectivity index (χ3v) is 7.33. The van der Waals surface area contributed by atoms with Crippen LogP contribution in [0.15, 0.2) is 72.9 Å². The number of hydrogen-bond acceptors (Lipinski definition) is 8. The van der Waals surface area contributed by atoms with Crippen molar-refractivity contribution < 1.29 is 28.5 Å². The maximum absolute atomic E-state index is 14.2. The normalized spacial score (nSPS) is 15.3. The van der Waals surface area contributed by atoms with Gasteiger partial charge in [0.15, 0.2) is 6.10 Å². The fraction of sp³-hybridized carbons (Fsp3) is 0.226. The Hall–Kier alpha value is -4.38. The van der Waals surface area contributed by atoms with Gasteiger partial charge in [-0.2, -0.15) is 0 Å². The summed E-state index contributed by atoms with van der Waals surface area (Å²) in [6, 6.07) is 18.3. The van der Waals surface area contributed by atoms with Crippen LogP contribution in [-0.2, 0) is 22.6 Å². The number of methoxy groups -OCH3 is 1. The van der Waals surface area contributed by atoms with Crippen LogP contribution in [0.1, 0.15) is 40.0 Å². The number of carbonyl (C=O) groups is 1. The summed E-state index contributed by atoms with van der Waals surface area (Å²) in [5.41, 5.74) is 3.68. The average molecular weight is 589 g/mol. The predicted octanol–water partition coefficient (Wildman–Crippen LogP) is 5.52. The minimum absolute atomic E-state index is 0.0155. The van der Waals surface area contributed by atoms with E-state index in [1.165, 1.54) is 13.2 Å². The van der Waals surface area contributed by atoms with Crippen molar-refractivity contribution >= 4 is 28.6 Å². The van der Waals surface area contributed by atoms with Crippen molar-refractivity contribution in [3.05, 3.63) is 106 Å². The van der Waals surface area contributed by atoms with Crippen molar-refractivity contribution in [1.82, 2.24) is 19.5 Å². The van der Waals surface area contributed by atoms with Crippen LogP contribution in [-0.4, -0.2) is 50.4 Å². The van der Waals surface area contributed by atoms with Crippen molar-refractivity contribution in [3.8, 4) is 17.1 Å². The SMILES string of the molecule is COC(=O)c1ccc2nc(C(O)c3cc(-c4cccc(OCc5ccc(Cl)cc5F)n4)ccn3)n(C[C@@H]3CCO3)c2c1. The molecule has 1 fully saturated rings. The van der Waals surface area contributed by atoms with E-state index >= 15 is 0 Å². The number of esters is 1. The molecule has 5 aromatic rings. The van der Waals surface area contributed by atoms with E-state index in [9.17, 15) is 14.3 Å². The Labute approximate surface area is 245 Å². The molecule has 0 bridgehead atoms. The lowest BCUT2D eigenvalue weighted by Crippen LogP contribution is -2.32. The lowest BCUT2D eigenvalue weighted by Gasteiger charge is -2.28. The lowest BCUT2D eigenvalue weighted by molar-refractivity contribution is -0.0595. The quantitative estimate of drug-likeness (QED) is 0.224. The number of aliphatic hydroxyl groups excluding tert-OH is 1. The van der Waals surface area contributed by atoms with E-state index in [2.05, 4.69) is 9.97 Å². The summed E-state index contributed by atoms with van der Waals surface area (Å²) in [7, 11) is 1.33. The molecule has 9 nitrogen and oxygen atoms in total. The van der Waals surface area contributed by atoms with E-state index in [4.69, 9.17) is 30.8 Å². The number of halogens is 2. The van der Waals surface area contributed by atoms with E-state index in [1.54, 1.807) is 66.9 Å². The second kappa shape index (κ2) is 11.8. The molecule has 11 heteroatoms. The van der Waals surface area contributed by atoms with Crippen LogP contribution in [0.4, 0.5) is 4.39 Å². The molecule has 6 rings (SSSR count). The lowest BCUT2D eigenvalue weighted by atomic mass is 10.1. The molecule has 1 N–H and O–H groups in total. The third-order valence-electron chi connectivity index (χ3n) is 7.09. The molecule has 1 saturated heterocycles. The molecule has 2 aromatic carbocycles. The van der Waals surface area contributed by atoms with Gasteiger partial charge in [0.1, 0.15) is 18.2 Å². The molecular formula is C31H26ClFN4O5. The maximum atomic E-state index is 14.2. The summed E-state index contributed by atoms with van der Waals surface area (Å²) < 4.78 is 32.3. The number of pyridine rings is 2. The van der Waals surface area contributed by atoms with Crippen LogP contribution in [0.25, 0.3) is 22.3 Å². The molecule has 4 heterocycles. The fourth-order valence-electron chi connectivity index (χ4n) is 4.75. The number of aromatic nitrogens is 4. The van der Waals surface area contributed by atoms with Gasteiger partial charge in [-0.1, -0.05) is 23.7 Å². The second-order valence-electron chi connectivity index (χ2n) is 9.81. The molecule has 214 valence electrons. The Morgan fingerprint density at radius 2 is 2.02 bits per heavy atom. The highest BCUT2D eigenvalue weighted by molar-refractivity contribution is 6.30. The monoisotopic (exact) mass is 588 g/mol. The van der Waals surface area contributed by atoms with E-state index in [0.717, 1.165) is 6.42 Å². The fourth-order valence-corrected chi connectivity index (χ4v) is 4.91. The number of aliphatic hydroxyl groups is 1. The van der Waals surface area contributed by atoms with Gasteiger partial charge in [0, 0.05) is 35.0 Å². The van der Waals surface area contributed by atoms with E-state index < -0.39 is 17.9 Å². The third kappa shape index (κ3) is 5.69. The van der Waals surface area contributed by atoms with Crippen molar-refractivity contribution in [2.75, 3.05) is 13.7 Å². The first-order chi connectivity index (χ1) is 20.4. The highest BCUT2D eigenvalue weighted by Crippen LogP contribution is 2.30. The summed E-state index contributed by atoms with van der Waals surface area (Å²) in [4.78, 5) is 25.9. The molecule has 0 saturated carbocycles. The minimum atomic E-state index is -1.17. The van der Waals surface area contributed by atoms with Crippen LogP contribution in [0.5, 0.6) is 5.88 Å². The number of carbonyl (C=O) groups excluding carboxylic acids is 1. The van der Waals surface area contributed by atoms with Crippen LogP contribution < -0.4 is 4.74 Å². The summed E-state index contributed by atoms with van der Waals surface area (Å²) in [6.07, 6.45) is 1.27. The first-order valence-corrected chi connectivity index (χ1v) is 13.7. The molecular weight excluding hydrogens is 563 g/mol. The molecule has 0 aliphatic carbocycles. The molecule has 1 aliphatic heterocycles. The van der Waals surface area contributed by atoms with E-state index in [0.29, 0.717) is 69.0 Å². The van der Waals surface area contributed by atoms with Gasteiger partial charge >= 0.3 is 5.97 Å². The van der Waals surface area contributed by atoms with Gasteiger partial charge < -0.3 is 23.9 Å². The van der Waals surface area contributed by atoms with Gasteiger partial charge in [-0.15, -0.1) is 0 Å². The van der Waals surface area contributed by atoms with Crippen LogP contribution in [0.2, 0.25) is 5.02 Å². The van der Waals surface area contributed by atoms with Gasteiger partial charge in [-0.05, 0) is 55.0 Å². The Morgan fingerprint density at radius 1 is 1.17 bits per heavy atom. The first-order valence-electron chi connectivity index (χ1n) is 13.3. The zero-order chi connectivity index (χ0) is 29.2. The summed E-state index contributed by atoms with van der Waals surface area (Å²) >= 11 is 5.84. The van der Waals surface area contributed by atoms with Gasteiger partial charge in [0.05, 0.1) is 47.7 Å². The van der Waals surface area contributed by atoms with Gasteiger partial charge in [0.25, 0.3) is 0 Å². The number of rotatable bonds is 9. The number of fused-ring (bicyclic) bond motifs is 1. The number of benzene rings is 2. The molecule has 1 unspecified atom stereocenters. The predicted molar refractivity (Wildman–Crippen MR) is 153 cm³/mol. The zero-order valence-electron chi connectivity index (χ0n) is 22.5. The Kier molecular flexibility index (Phi) is 7.84. The molecule has 42 heavy (non-hydrogen) atoms. The number of imidazole rings is 1. The molecule has 0 amide bonds. The maximum Gasteiger partial charge on any atom is 0.337 e. The second-order valence-corrected chi connectivity index (χ2v) is 10.3. The highest BCUT2D eigenvalue weighted by atomic mass is 35.5. The zero-order valence-corrected chi connectivity index (χ0v) is 23.3. The van der Waals surface area contributed by atoms with Gasteiger partial charge in [-0.3, -0.25) is 4.98 Å². The Morgan fingerprint density at radius 3 is 2.79 bits per heavy atom. The molecule has 0 radical (unpaired) electrons. The van der Waals surface area contributed by atoms with Crippen molar-refractivity contribution in [3.63, 3.8) is 0 Å². The standard InChI is InChI=1S/C31H26ClFN4O5/c1-40-31(39)19-6-8-25-27(14-19)37(16-22-10-12-41-22)30(36-25)29(38)26-13-18(9-11-34-26)24-3-2-4-28(35-24)42-17-20-5-7-21(32)15-23(20)33/h2-9,11,13-15,22,29,38H,10,12,16-17H2,1H3/t22-,29?/m0/s1. The number of hydrogen-bond donors (Lipinski definition) is 1. The summed E-state index contributed by atoms with van der Waals surface area (Å²) in [6.45, 7) is 1.12. The topological polar surface area (TPSA) is 109 Å². The molecule has 1 aliphatic rings. The highest BCUT2D eigenvalue weighted by Gasteiger charge is 2.26.